The Balaban J connectivity index is 3.53. The van der Waals surface area contributed by atoms with Gasteiger partial charge in [0, 0.05) is 26.1 Å². The number of unbranched alkanes of at least 4 members (excludes halogenated alkanes) is 8. The Hall–Kier alpha value is -0.610. The lowest BCUT2D eigenvalue weighted by Gasteiger charge is -2.21. The first kappa shape index (κ1) is 20.4. The molecule has 0 fully saturated rings. The molecule has 0 aromatic carbocycles. The molecule has 0 aliphatic heterocycles. The Morgan fingerprint density at radius 1 is 0.762 bits per heavy atom. The first-order chi connectivity index (χ1) is 10.3. The van der Waals surface area contributed by atoms with E-state index < -0.39 is 0 Å². The first-order valence-electron chi connectivity index (χ1n) is 8.75. The minimum atomic E-state index is -0.00503. The quantitative estimate of drug-likeness (QED) is 0.457. The van der Waals surface area contributed by atoms with Gasteiger partial charge in [0.05, 0.1) is 6.61 Å². The highest BCUT2D eigenvalue weighted by molar-refractivity contribution is 5.76. The maximum Gasteiger partial charge on any atom is 0.222 e. The second-order valence-corrected chi connectivity index (χ2v) is 5.76. The molecule has 4 heteroatoms. The fraction of sp³-hybridized carbons (Fsp3) is 0.941. The molecule has 0 aliphatic rings. The van der Waals surface area contributed by atoms with Gasteiger partial charge in [-0.2, -0.15) is 0 Å². The van der Waals surface area contributed by atoms with Crippen molar-refractivity contribution in [3.05, 3.63) is 0 Å². The fourth-order valence-electron chi connectivity index (χ4n) is 2.49. The SMILES string of the molecule is CCCCCCCCCCCC(=O)N(CCO)CCCO. The van der Waals surface area contributed by atoms with Crippen LogP contribution in [0.1, 0.15) is 77.6 Å². The second-order valence-electron chi connectivity index (χ2n) is 5.76. The lowest BCUT2D eigenvalue weighted by Crippen LogP contribution is -2.34. The summed E-state index contributed by atoms with van der Waals surface area (Å²) < 4.78 is 0. The summed E-state index contributed by atoms with van der Waals surface area (Å²) in [6.07, 6.45) is 12.4. The molecule has 126 valence electrons. The highest BCUT2D eigenvalue weighted by atomic mass is 16.3. The molecule has 0 saturated carbocycles. The summed E-state index contributed by atoms with van der Waals surface area (Å²) in [5.41, 5.74) is 0. The molecule has 21 heavy (non-hydrogen) atoms. The van der Waals surface area contributed by atoms with E-state index in [0.29, 0.717) is 25.9 Å². The van der Waals surface area contributed by atoms with Crippen molar-refractivity contribution in [3.8, 4) is 0 Å². The lowest BCUT2D eigenvalue weighted by molar-refractivity contribution is -0.132. The molecule has 1 amide bonds. The van der Waals surface area contributed by atoms with Gasteiger partial charge in [0.25, 0.3) is 0 Å². The van der Waals surface area contributed by atoms with Crippen LogP contribution < -0.4 is 0 Å². The van der Waals surface area contributed by atoms with Gasteiger partial charge in [-0.25, -0.2) is 0 Å². The number of amides is 1. The van der Waals surface area contributed by atoms with E-state index >= 15 is 0 Å². The third-order valence-corrected chi connectivity index (χ3v) is 3.80. The van der Waals surface area contributed by atoms with Crippen molar-refractivity contribution in [1.29, 1.82) is 0 Å². The van der Waals surface area contributed by atoms with E-state index in [0.717, 1.165) is 12.8 Å². The third kappa shape index (κ3) is 12.8. The maximum atomic E-state index is 12.0. The molecule has 4 nitrogen and oxygen atoms in total. The van der Waals surface area contributed by atoms with Crippen LogP contribution in [0.3, 0.4) is 0 Å². The van der Waals surface area contributed by atoms with Gasteiger partial charge in [-0.15, -0.1) is 0 Å². The van der Waals surface area contributed by atoms with Crippen molar-refractivity contribution in [2.24, 2.45) is 0 Å². The average molecular weight is 301 g/mol. The van der Waals surface area contributed by atoms with Crippen LogP contribution in [0.25, 0.3) is 0 Å². The summed E-state index contributed by atoms with van der Waals surface area (Å²) in [6.45, 7) is 3.25. The molecule has 0 bridgehead atoms. The van der Waals surface area contributed by atoms with Crippen LogP contribution in [-0.4, -0.2) is 47.3 Å². The second kappa shape index (κ2) is 15.8. The molecule has 0 aromatic rings. The smallest absolute Gasteiger partial charge is 0.222 e. The Labute approximate surface area is 130 Å². The van der Waals surface area contributed by atoms with Gasteiger partial charge in [-0.3, -0.25) is 4.79 Å². The minimum absolute atomic E-state index is 0.00503. The predicted octanol–water partition coefficient (Wildman–Crippen LogP) is 3.11. The van der Waals surface area contributed by atoms with Crippen LogP contribution in [0.2, 0.25) is 0 Å². The highest BCUT2D eigenvalue weighted by Crippen LogP contribution is 2.11. The zero-order valence-corrected chi connectivity index (χ0v) is 13.9. The number of hydrogen-bond donors (Lipinski definition) is 2. The van der Waals surface area contributed by atoms with Gasteiger partial charge in [0.2, 0.25) is 5.91 Å². The Morgan fingerprint density at radius 2 is 1.33 bits per heavy atom. The lowest BCUT2D eigenvalue weighted by atomic mass is 10.1. The molecule has 0 unspecified atom stereocenters. The standard InChI is InChI=1S/C17H35NO3/c1-2-3-4-5-6-7-8-9-10-12-17(21)18(14-16-20)13-11-15-19/h19-20H,2-16H2,1H3. The third-order valence-electron chi connectivity index (χ3n) is 3.80. The van der Waals surface area contributed by atoms with E-state index in [2.05, 4.69) is 6.92 Å². The van der Waals surface area contributed by atoms with Crippen LogP contribution in [0.5, 0.6) is 0 Å². The van der Waals surface area contributed by atoms with Gasteiger partial charge in [0.1, 0.15) is 0 Å². The molecular formula is C17H35NO3. The van der Waals surface area contributed by atoms with Crippen molar-refractivity contribution >= 4 is 5.91 Å². The van der Waals surface area contributed by atoms with Gasteiger partial charge in [-0.05, 0) is 12.8 Å². The molecule has 0 heterocycles. The summed E-state index contributed by atoms with van der Waals surface area (Å²) in [4.78, 5) is 13.6. The van der Waals surface area contributed by atoms with Gasteiger partial charge >= 0.3 is 0 Å². The van der Waals surface area contributed by atoms with E-state index in [-0.39, 0.29) is 19.1 Å². The van der Waals surface area contributed by atoms with Crippen LogP contribution >= 0.6 is 0 Å². The molecule has 0 spiro atoms. The van der Waals surface area contributed by atoms with Crippen molar-refractivity contribution in [1.82, 2.24) is 4.90 Å². The first-order valence-corrected chi connectivity index (χ1v) is 8.75. The Bertz CT molecular complexity index is 234. The van der Waals surface area contributed by atoms with Crippen molar-refractivity contribution in [2.75, 3.05) is 26.3 Å². The van der Waals surface area contributed by atoms with Crippen LogP contribution in [-0.2, 0) is 4.79 Å². The van der Waals surface area contributed by atoms with E-state index in [1.165, 1.54) is 44.9 Å². The highest BCUT2D eigenvalue weighted by Gasteiger charge is 2.11. The zero-order valence-electron chi connectivity index (χ0n) is 13.9. The van der Waals surface area contributed by atoms with Gasteiger partial charge in [0.15, 0.2) is 0 Å². The number of nitrogens with zero attached hydrogens (tertiary/aromatic N) is 1. The van der Waals surface area contributed by atoms with Crippen LogP contribution in [0.15, 0.2) is 0 Å². The van der Waals surface area contributed by atoms with E-state index in [4.69, 9.17) is 10.2 Å². The van der Waals surface area contributed by atoms with E-state index in [1.807, 2.05) is 0 Å². The summed E-state index contributed by atoms with van der Waals surface area (Å²) in [7, 11) is 0. The zero-order chi connectivity index (χ0) is 15.8. The van der Waals surface area contributed by atoms with E-state index in [1.54, 1.807) is 4.90 Å². The molecule has 0 rings (SSSR count). The minimum Gasteiger partial charge on any atom is -0.396 e. The van der Waals surface area contributed by atoms with Crippen molar-refractivity contribution in [2.45, 2.75) is 77.6 Å². The summed E-state index contributed by atoms with van der Waals surface area (Å²) in [6, 6.07) is 0. The van der Waals surface area contributed by atoms with Crippen molar-refractivity contribution < 1.29 is 15.0 Å². The number of hydrogen-bond acceptors (Lipinski definition) is 3. The number of carbonyl (C=O) groups excluding carboxylic acids is 1. The molecular weight excluding hydrogens is 266 g/mol. The molecule has 0 atom stereocenters. The number of aliphatic hydroxyl groups is 2. The topological polar surface area (TPSA) is 60.8 Å². The maximum absolute atomic E-state index is 12.0. The molecule has 0 radical (unpaired) electrons. The van der Waals surface area contributed by atoms with Gasteiger partial charge < -0.3 is 15.1 Å². The number of rotatable bonds is 15. The average Bonchev–Trinajstić information content (AvgIpc) is 2.49. The summed E-state index contributed by atoms with van der Waals surface area (Å²) in [5, 5.41) is 17.8. The van der Waals surface area contributed by atoms with Gasteiger partial charge in [-0.1, -0.05) is 58.3 Å². The van der Waals surface area contributed by atoms with E-state index in [9.17, 15) is 4.79 Å². The number of aliphatic hydroxyl groups excluding tert-OH is 2. The number of carbonyl (C=O) groups is 1. The monoisotopic (exact) mass is 301 g/mol. The van der Waals surface area contributed by atoms with Crippen LogP contribution in [0.4, 0.5) is 0 Å². The fourth-order valence-corrected chi connectivity index (χ4v) is 2.49. The summed E-state index contributed by atoms with van der Waals surface area (Å²) >= 11 is 0. The Morgan fingerprint density at radius 3 is 1.86 bits per heavy atom. The van der Waals surface area contributed by atoms with Crippen molar-refractivity contribution in [3.63, 3.8) is 0 Å². The molecule has 2 N–H and O–H groups in total. The molecule has 0 aliphatic carbocycles. The summed E-state index contributed by atoms with van der Waals surface area (Å²) in [5.74, 6) is 0.112. The normalized spacial score (nSPS) is 10.8. The predicted molar refractivity (Wildman–Crippen MR) is 87.2 cm³/mol. The molecule has 0 aromatic heterocycles. The molecule has 0 saturated heterocycles. The largest absolute Gasteiger partial charge is 0.396 e. The van der Waals surface area contributed by atoms with Crippen LogP contribution in [0, 0.1) is 0 Å². The Kier molecular flexibility index (Phi) is 15.3.